The van der Waals surface area contributed by atoms with Crippen molar-refractivity contribution in [1.82, 2.24) is 0 Å². The van der Waals surface area contributed by atoms with E-state index in [0.29, 0.717) is 17.5 Å². The molecule has 0 saturated heterocycles. The number of benzene rings is 2. The Balaban J connectivity index is 0.000000597. The van der Waals surface area contributed by atoms with Crippen LogP contribution in [0.2, 0.25) is 5.02 Å². The molecule has 0 aliphatic heterocycles. The molecule has 0 bridgehead atoms. The second-order valence-corrected chi connectivity index (χ2v) is 6.79. The van der Waals surface area contributed by atoms with Crippen molar-refractivity contribution in [3.63, 3.8) is 0 Å². The predicted molar refractivity (Wildman–Crippen MR) is 97.5 cm³/mol. The van der Waals surface area contributed by atoms with Crippen molar-refractivity contribution in [2.24, 2.45) is 5.73 Å². The molecular formula is C15H16ClN3O6S. The number of phenolic OH excluding ortho intramolecular Hbond substituents is 1. The van der Waals surface area contributed by atoms with Crippen LogP contribution < -0.4 is 15.8 Å². The molecule has 2 aromatic rings. The van der Waals surface area contributed by atoms with Crippen LogP contribution in [0.15, 0.2) is 42.5 Å². The van der Waals surface area contributed by atoms with E-state index in [2.05, 4.69) is 5.32 Å². The van der Waals surface area contributed by atoms with Crippen molar-refractivity contribution < 1.29 is 27.6 Å². The Labute approximate surface area is 154 Å². The Hall–Kier alpha value is -2.82. The molecule has 0 aliphatic rings. The molecule has 0 unspecified atom stereocenters. The highest BCUT2D eigenvalue weighted by Crippen LogP contribution is 2.25. The first-order valence-electron chi connectivity index (χ1n) is 6.79. The largest absolute Gasteiger partial charge is 0.508 e. The number of nitrogens with one attached hydrogen (secondary N) is 2. The molecule has 0 spiro atoms. The van der Waals surface area contributed by atoms with Gasteiger partial charge in [0.15, 0.2) is 5.96 Å². The van der Waals surface area contributed by atoms with Crippen molar-refractivity contribution in [3.8, 4) is 11.5 Å². The van der Waals surface area contributed by atoms with E-state index < -0.39 is 16.1 Å². The lowest BCUT2D eigenvalue weighted by molar-refractivity contribution is 0.0734. The summed E-state index contributed by atoms with van der Waals surface area (Å²) in [5, 5.41) is 19.3. The van der Waals surface area contributed by atoms with Crippen LogP contribution in [0.3, 0.4) is 0 Å². The van der Waals surface area contributed by atoms with Crippen LogP contribution in [0.25, 0.3) is 0 Å². The maximum absolute atomic E-state index is 11.9. The number of guanidine groups is 1. The number of halogens is 1. The molecular weight excluding hydrogens is 386 g/mol. The minimum absolute atomic E-state index is 0.0914. The molecule has 11 heteroatoms. The molecule has 0 fully saturated rings. The number of rotatable bonds is 3. The fourth-order valence-electron chi connectivity index (χ4n) is 1.62. The molecule has 0 heterocycles. The zero-order valence-electron chi connectivity index (χ0n) is 13.4. The summed E-state index contributed by atoms with van der Waals surface area (Å²) in [6.07, 6.45) is 0.715. The second-order valence-electron chi connectivity index (χ2n) is 4.88. The lowest BCUT2D eigenvalue weighted by Gasteiger charge is -2.07. The van der Waals surface area contributed by atoms with Gasteiger partial charge in [0.25, 0.3) is 10.1 Å². The summed E-state index contributed by atoms with van der Waals surface area (Å²) >= 11 is 5.76. The third kappa shape index (κ3) is 8.87. The number of carbonyl (C=O) groups is 1. The van der Waals surface area contributed by atoms with Gasteiger partial charge in [-0.2, -0.15) is 8.42 Å². The molecule has 26 heavy (non-hydrogen) atoms. The number of nitrogens with two attached hydrogens (primary N) is 1. The van der Waals surface area contributed by atoms with Gasteiger partial charge in [-0.15, -0.1) is 0 Å². The molecule has 0 aromatic heterocycles. The maximum Gasteiger partial charge on any atom is 0.343 e. The number of aromatic hydroxyl groups is 1. The summed E-state index contributed by atoms with van der Waals surface area (Å²) in [5.41, 5.74) is 6.09. The van der Waals surface area contributed by atoms with Crippen molar-refractivity contribution in [2.75, 3.05) is 11.6 Å². The van der Waals surface area contributed by atoms with Gasteiger partial charge in [-0.1, -0.05) is 11.6 Å². The van der Waals surface area contributed by atoms with E-state index in [1.807, 2.05) is 0 Å². The van der Waals surface area contributed by atoms with Gasteiger partial charge in [0.1, 0.15) is 11.5 Å². The third-order valence-corrected chi connectivity index (χ3v) is 2.68. The first-order chi connectivity index (χ1) is 11.9. The molecule has 140 valence electrons. The Morgan fingerprint density at radius 2 is 1.77 bits per heavy atom. The van der Waals surface area contributed by atoms with E-state index in [1.165, 1.54) is 30.3 Å². The van der Waals surface area contributed by atoms with E-state index in [0.717, 1.165) is 0 Å². The Morgan fingerprint density at radius 3 is 2.23 bits per heavy atom. The highest BCUT2D eigenvalue weighted by Gasteiger charge is 2.10. The topological polar surface area (TPSA) is 163 Å². The zero-order chi connectivity index (χ0) is 19.9. The number of phenols is 1. The molecule has 2 rings (SSSR count). The SMILES string of the molecule is CS(=O)(=O)O.N=C(N)Nc1ccc(C(=O)Oc2cc(O)cc(Cl)c2)cc1. The Morgan fingerprint density at radius 1 is 1.23 bits per heavy atom. The van der Waals surface area contributed by atoms with Crippen LogP contribution in [0.4, 0.5) is 5.69 Å². The van der Waals surface area contributed by atoms with Crippen LogP contribution in [-0.2, 0) is 10.1 Å². The monoisotopic (exact) mass is 401 g/mol. The number of ether oxygens (including phenoxy) is 1. The Bertz CT molecular complexity index is 872. The summed E-state index contributed by atoms with van der Waals surface area (Å²) in [4.78, 5) is 11.9. The lowest BCUT2D eigenvalue weighted by Crippen LogP contribution is -2.20. The van der Waals surface area contributed by atoms with Gasteiger partial charge >= 0.3 is 5.97 Å². The summed E-state index contributed by atoms with van der Waals surface area (Å²) in [7, 11) is -3.67. The van der Waals surface area contributed by atoms with Crippen LogP contribution >= 0.6 is 11.6 Å². The smallest absolute Gasteiger partial charge is 0.343 e. The number of carbonyl (C=O) groups excluding carboxylic acids is 1. The Kier molecular flexibility index (Phi) is 7.38. The summed E-state index contributed by atoms with van der Waals surface area (Å²) in [6.45, 7) is 0. The molecule has 0 radical (unpaired) electrons. The lowest BCUT2D eigenvalue weighted by atomic mass is 10.2. The molecule has 9 nitrogen and oxygen atoms in total. The third-order valence-electron chi connectivity index (χ3n) is 2.47. The van der Waals surface area contributed by atoms with E-state index in [-0.39, 0.29) is 22.5 Å². The molecule has 2 aromatic carbocycles. The van der Waals surface area contributed by atoms with Crippen molar-refractivity contribution >= 4 is 39.3 Å². The van der Waals surface area contributed by atoms with E-state index in [1.54, 1.807) is 12.1 Å². The van der Waals surface area contributed by atoms with E-state index in [4.69, 9.17) is 32.0 Å². The average Bonchev–Trinajstić information content (AvgIpc) is 2.44. The average molecular weight is 402 g/mol. The molecule has 0 atom stereocenters. The summed E-state index contributed by atoms with van der Waals surface area (Å²) < 4.78 is 31.0. The van der Waals surface area contributed by atoms with Gasteiger partial charge in [0.2, 0.25) is 0 Å². The van der Waals surface area contributed by atoms with Crippen LogP contribution in [0, 0.1) is 5.41 Å². The molecule has 0 saturated carbocycles. The van der Waals surface area contributed by atoms with Crippen molar-refractivity contribution in [3.05, 3.63) is 53.1 Å². The maximum atomic E-state index is 11.9. The quantitative estimate of drug-likeness (QED) is 0.171. The zero-order valence-corrected chi connectivity index (χ0v) is 15.0. The van der Waals surface area contributed by atoms with Gasteiger partial charge in [0.05, 0.1) is 11.8 Å². The minimum Gasteiger partial charge on any atom is -0.508 e. The normalized spacial score (nSPS) is 10.3. The number of hydrogen-bond donors (Lipinski definition) is 5. The fraction of sp³-hybridized carbons (Fsp3) is 0.0667. The highest BCUT2D eigenvalue weighted by molar-refractivity contribution is 7.85. The van der Waals surface area contributed by atoms with Crippen molar-refractivity contribution in [2.45, 2.75) is 0 Å². The number of hydrogen-bond acceptors (Lipinski definition) is 6. The first-order valence-corrected chi connectivity index (χ1v) is 9.02. The first kappa shape index (κ1) is 21.2. The predicted octanol–water partition coefficient (Wildman–Crippen LogP) is 2.07. The minimum atomic E-state index is -3.67. The fourth-order valence-corrected chi connectivity index (χ4v) is 1.84. The van der Waals surface area contributed by atoms with Gasteiger partial charge in [-0.3, -0.25) is 9.96 Å². The summed E-state index contributed by atoms with van der Waals surface area (Å²) in [5.74, 6) is -0.729. The number of esters is 1. The molecule has 0 aliphatic carbocycles. The van der Waals surface area contributed by atoms with Crippen LogP contribution in [-0.4, -0.2) is 36.3 Å². The van der Waals surface area contributed by atoms with Crippen LogP contribution in [0.1, 0.15) is 10.4 Å². The standard InChI is InChI=1S/C14H12ClN3O3.CH4O3S/c15-9-5-11(19)7-12(6-9)21-13(20)8-1-3-10(4-2-8)18-14(16)17;1-5(2,3)4/h1-7,19H,(H4,16,17,18);1H3,(H,2,3,4). The van der Waals surface area contributed by atoms with E-state index in [9.17, 15) is 18.3 Å². The van der Waals surface area contributed by atoms with Gasteiger partial charge in [-0.05, 0) is 36.4 Å². The molecule has 0 amide bonds. The van der Waals surface area contributed by atoms with Crippen molar-refractivity contribution in [1.29, 1.82) is 5.41 Å². The van der Waals surface area contributed by atoms with Gasteiger partial charge in [-0.25, -0.2) is 4.79 Å². The highest BCUT2D eigenvalue weighted by atomic mass is 35.5. The second kappa shape index (κ2) is 9.04. The van der Waals surface area contributed by atoms with Gasteiger partial charge in [0, 0.05) is 16.8 Å². The summed E-state index contributed by atoms with van der Waals surface area (Å²) in [6, 6.07) is 10.3. The molecule has 6 N–H and O–H groups in total. The number of anilines is 1. The van der Waals surface area contributed by atoms with E-state index >= 15 is 0 Å². The van der Waals surface area contributed by atoms with Gasteiger partial charge < -0.3 is 20.9 Å². The van der Waals surface area contributed by atoms with Crippen LogP contribution in [0.5, 0.6) is 11.5 Å².